The minimum atomic E-state index is -4.10. The zero-order valence-corrected chi connectivity index (χ0v) is 13.9. The molecule has 0 aromatic heterocycles. The van der Waals surface area contributed by atoms with Gasteiger partial charge in [-0.3, -0.25) is 4.55 Å². The van der Waals surface area contributed by atoms with Crippen LogP contribution in [0, 0.1) is 4.91 Å². The Morgan fingerprint density at radius 2 is 1.63 bits per heavy atom. The van der Waals surface area contributed by atoms with E-state index in [1.165, 1.54) is 12.1 Å². The third-order valence-corrected chi connectivity index (χ3v) is 3.55. The largest absolute Gasteiger partial charge is 1.00 e. The van der Waals surface area contributed by atoms with Gasteiger partial charge in [-0.1, -0.05) is 30.2 Å². The predicted octanol–water partition coefficient (Wildman–Crippen LogP) is -0.0809. The molecular formula is C12H18NNaO4S. The summed E-state index contributed by atoms with van der Waals surface area (Å²) >= 11 is 0. The van der Waals surface area contributed by atoms with Crippen molar-refractivity contribution in [2.24, 2.45) is 5.18 Å². The summed E-state index contributed by atoms with van der Waals surface area (Å²) in [5, 5.41) is 2.79. The standard InChI is InChI=1S/C12H17NO4S.Na.H/c14-13-10-4-2-1-3-5-11-6-8-12(9-7-11)18(15,16)17;;/h6-9H,1-5,10H2,(H,15,16,17);;/q;+1;-1. The first-order valence-corrected chi connectivity index (χ1v) is 7.33. The van der Waals surface area contributed by atoms with Gasteiger partial charge in [0, 0.05) is 0 Å². The molecule has 19 heavy (non-hydrogen) atoms. The molecule has 0 atom stereocenters. The quantitative estimate of drug-likeness (QED) is 0.315. The SMILES string of the molecule is O=NCCCCCCc1ccc(S(=O)(=O)O)cc1.[H-].[Na+]. The van der Waals surface area contributed by atoms with Gasteiger partial charge in [-0.2, -0.15) is 13.3 Å². The second-order valence-corrected chi connectivity index (χ2v) is 5.56. The second-order valence-electron chi connectivity index (χ2n) is 4.14. The molecule has 1 N–H and O–H groups in total. The van der Waals surface area contributed by atoms with Crippen LogP contribution >= 0.6 is 0 Å². The van der Waals surface area contributed by atoms with Crippen molar-refractivity contribution in [3.8, 4) is 0 Å². The van der Waals surface area contributed by atoms with Crippen LogP contribution < -0.4 is 29.6 Å². The molecule has 1 aromatic carbocycles. The van der Waals surface area contributed by atoms with E-state index in [2.05, 4.69) is 5.18 Å². The van der Waals surface area contributed by atoms with E-state index in [4.69, 9.17) is 4.55 Å². The van der Waals surface area contributed by atoms with Crippen molar-refractivity contribution in [2.45, 2.75) is 37.0 Å². The van der Waals surface area contributed by atoms with Crippen LogP contribution in [0.5, 0.6) is 0 Å². The number of nitroso groups, excluding NO2 is 1. The Morgan fingerprint density at radius 3 is 2.16 bits per heavy atom. The van der Waals surface area contributed by atoms with Crippen LogP contribution in [-0.2, 0) is 16.5 Å². The fourth-order valence-electron chi connectivity index (χ4n) is 1.69. The third-order valence-electron chi connectivity index (χ3n) is 2.69. The maximum atomic E-state index is 10.8. The maximum Gasteiger partial charge on any atom is 1.00 e. The molecule has 0 bridgehead atoms. The Morgan fingerprint density at radius 1 is 1.05 bits per heavy atom. The molecule has 0 aliphatic rings. The molecule has 5 nitrogen and oxygen atoms in total. The van der Waals surface area contributed by atoms with Crippen LogP contribution in [0.2, 0.25) is 0 Å². The first kappa shape index (κ1) is 18.7. The number of hydrogen-bond acceptors (Lipinski definition) is 4. The fraction of sp³-hybridized carbons (Fsp3) is 0.500. The van der Waals surface area contributed by atoms with E-state index < -0.39 is 10.1 Å². The van der Waals surface area contributed by atoms with Crippen LogP contribution in [0.25, 0.3) is 0 Å². The summed E-state index contributed by atoms with van der Waals surface area (Å²) in [6, 6.07) is 6.22. The van der Waals surface area contributed by atoms with Gasteiger partial charge < -0.3 is 1.43 Å². The van der Waals surface area contributed by atoms with Gasteiger partial charge in [-0.25, -0.2) is 0 Å². The van der Waals surface area contributed by atoms with Gasteiger partial charge in [0.15, 0.2) is 0 Å². The smallest absolute Gasteiger partial charge is 1.00 e. The van der Waals surface area contributed by atoms with Crippen molar-refractivity contribution in [1.29, 1.82) is 0 Å². The van der Waals surface area contributed by atoms with Crippen molar-refractivity contribution in [1.82, 2.24) is 0 Å². The zero-order valence-electron chi connectivity index (χ0n) is 12.1. The van der Waals surface area contributed by atoms with Crippen LogP contribution in [0.4, 0.5) is 0 Å². The first-order valence-electron chi connectivity index (χ1n) is 5.89. The minimum Gasteiger partial charge on any atom is -1.00 e. The molecule has 0 heterocycles. The molecule has 0 saturated heterocycles. The predicted molar refractivity (Wildman–Crippen MR) is 70.2 cm³/mol. The molecular weight excluding hydrogens is 277 g/mol. The van der Waals surface area contributed by atoms with E-state index in [9.17, 15) is 13.3 Å². The van der Waals surface area contributed by atoms with Crippen molar-refractivity contribution < 1.29 is 44.0 Å². The molecule has 102 valence electrons. The van der Waals surface area contributed by atoms with Gasteiger partial charge in [0.2, 0.25) is 0 Å². The summed E-state index contributed by atoms with van der Waals surface area (Å²) in [4.78, 5) is 9.77. The molecule has 1 rings (SSSR count). The van der Waals surface area contributed by atoms with E-state index in [1.54, 1.807) is 12.1 Å². The van der Waals surface area contributed by atoms with Gasteiger partial charge >= 0.3 is 29.6 Å². The summed E-state index contributed by atoms with van der Waals surface area (Å²) in [6.07, 6.45) is 4.68. The Labute approximate surface area is 137 Å². The molecule has 0 aliphatic carbocycles. The van der Waals surface area contributed by atoms with E-state index in [-0.39, 0.29) is 35.9 Å². The van der Waals surface area contributed by atoms with Gasteiger partial charge in [0.25, 0.3) is 10.1 Å². The van der Waals surface area contributed by atoms with Crippen LogP contribution in [0.1, 0.15) is 32.7 Å². The molecule has 0 saturated carbocycles. The molecule has 0 aliphatic heterocycles. The van der Waals surface area contributed by atoms with Crippen LogP contribution in [0.3, 0.4) is 0 Å². The van der Waals surface area contributed by atoms with Crippen molar-refractivity contribution in [3.63, 3.8) is 0 Å². The summed E-state index contributed by atoms with van der Waals surface area (Å²) in [7, 11) is -4.10. The first-order chi connectivity index (χ1) is 8.54. The number of unbranched alkanes of at least 4 members (excludes halogenated alkanes) is 3. The number of benzene rings is 1. The molecule has 0 spiro atoms. The Balaban J connectivity index is 0. The van der Waals surface area contributed by atoms with Crippen molar-refractivity contribution in [3.05, 3.63) is 34.7 Å². The van der Waals surface area contributed by atoms with Gasteiger partial charge in [0.05, 0.1) is 11.4 Å². The minimum absolute atomic E-state index is 0. The normalized spacial score (nSPS) is 10.8. The topological polar surface area (TPSA) is 83.8 Å². The molecule has 1 aromatic rings. The van der Waals surface area contributed by atoms with E-state index >= 15 is 0 Å². The number of nitrogens with zero attached hydrogens (tertiary/aromatic N) is 1. The van der Waals surface area contributed by atoms with E-state index in [1.807, 2.05) is 0 Å². The van der Waals surface area contributed by atoms with Crippen LogP contribution in [-0.4, -0.2) is 19.5 Å². The van der Waals surface area contributed by atoms with Crippen LogP contribution in [0.15, 0.2) is 34.3 Å². The van der Waals surface area contributed by atoms with Crippen molar-refractivity contribution >= 4 is 10.1 Å². The zero-order chi connectivity index (χ0) is 13.4. The number of aryl methyl sites for hydroxylation is 1. The average Bonchev–Trinajstić information content (AvgIpc) is 2.33. The Bertz CT molecular complexity index is 479. The van der Waals surface area contributed by atoms with Gasteiger partial charge in [-0.15, -0.1) is 0 Å². The average molecular weight is 295 g/mol. The fourth-order valence-corrected chi connectivity index (χ4v) is 2.17. The summed E-state index contributed by atoms with van der Waals surface area (Å²) in [5.41, 5.74) is 1.04. The van der Waals surface area contributed by atoms with E-state index in [0.29, 0.717) is 6.54 Å². The van der Waals surface area contributed by atoms with Crippen molar-refractivity contribution in [2.75, 3.05) is 6.54 Å². The molecule has 0 fully saturated rings. The Hall–Kier alpha value is -0.270. The molecule has 7 heteroatoms. The monoisotopic (exact) mass is 295 g/mol. The Kier molecular flexibility index (Phi) is 9.47. The maximum absolute atomic E-state index is 10.8. The van der Waals surface area contributed by atoms with E-state index in [0.717, 1.165) is 37.7 Å². The van der Waals surface area contributed by atoms with Gasteiger partial charge in [0.1, 0.15) is 0 Å². The summed E-state index contributed by atoms with van der Waals surface area (Å²) in [5.74, 6) is 0. The molecule has 0 radical (unpaired) electrons. The number of hydrogen-bond donors (Lipinski definition) is 1. The molecule has 0 unspecified atom stereocenters. The molecule has 0 amide bonds. The number of rotatable bonds is 8. The summed E-state index contributed by atoms with van der Waals surface area (Å²) < 4.78 is 30.5. The second kappa shape index (κ2) is 9.61. The van der Waals surface area contributed by atoms with Gasteiger partial charge in [-0.05, 0) is 37.0 Å². The summed E-state index contributed by atoms with van der Waals surface area (Å²) in [6.45, 7) is 0.378. The third kappa shape index (κ3) is 7.79.